The molecule has 2 amide bonds. The van der Waals surface area contributed by atoms with Crippen molar-refractivity contribution in [3.63, 3.8) is 0 Å². The largest absolute Gasteiger partial charge is 0.337 e. The van der Waals surface area contributed by atoms with E-state index in [4.69, 9.17) is 4.52 Å². The Morgan fingerprint density at radius 3 is 2.53 bits per heavy atom. The lowest BCUT2D eigenvalue weighted by atomic mass is 10.1. The average molecular weight is 560 g/mol. The smallest absolute Gasteiger partial charge is 0.322 e. The maximum Gasteiger partial charge on any atom is 0.322 e. The van der Waals surface area contributed by atoms with E-state index in [0.717, 1.165) is 8.96 Å². The van der Waals surface area contributed by atoms with Crippen LogP contribution in [0.4, 0.5) is 16.4 Å². The van der Waals surface area contributed by atoms with Gasteiger partial charge in [-0.05, 0) is 52.2 Å². The number of carbonyl (C=O) groups excluding carboxylic acids is 1. The lowest BCUT2D eigenvalue weighted by molar-refractivity contribution is 0.210. The van der Waals surface area contributed by atoms with E-state index in [1.54, 1.807) is 30.3 Å². The molecule has 0 spiro atoms. The van der Waals surface area contributed by atoms with E-state index < -0.39 is 10.0 Å². The molecule has 1 aromatic heterocycles. The highest BCUT2D eigenvalue weighted by Gasteiger charge is 2.32. The van der Waals surface area contributed by atoms with E-state index in [0.29, 0.717) is 22.3 Å². The molecular weight excluding hydrogens is 543 g/mol. The highest BCUT2D eigenvalue weighted by molar-refractivity contribution is 14.1. The van der Waals surface area contributed by atoms with Crippen LogP contribution in [0.3, 0.4) is 0 Å². The number of fused-ring (bicyclic) bond motifs is 2. The predicted molar refractivity (Wildman–Crippen MR) is 129 cm³/mol. The number of benzene rings is 3. The summed E-state index contributed by atoms with van der Waals surface area (Å²) in [4.78, 5) is 14.3. The number of anilines is 2. The van der Waals surface area contributed by atoms with Gasteiger partial charge >= 0.3 is 6.03 Å². The van der Waals surface area contributed by atoms with Crippen LogP contribution in [-0.4, -0.2) is 24.5 Å². The second-order valence-electron chi connectivity index (χ2n) is 7.29. The van der Waals surface area contributed by atoms with E-state index in [9.17, 15) is 13.2 Å². The number of sulfonamides is 1. The molecule has 2 heterocycles. The van der Waals surface area contributed by atoms with Gasteiger partial charge in [0.05, 0.1) is 23.5 Å². The first kappa shape index (κ1) is 20.8. The fourth-order valence-corrected chi connectivity index (χ4v) is 5.58. The van der Waals surface area contributed by atoms with Crippen molar-refractivity contribution < 1.29 is 17.7 Å². The zero-order chi connectivity index (χ0) is 22.3. The Bertz CT molecular complexity index is 1440. The third-order valence-electron chi connectivity index (χ3n) is 5.22. The highest BCUT2D eigenvalue weighted by Crippen LogP contribution is 2.33. The Hall–Kier alpha value is -3.12. The summed E-state index contributed by atoms with van der Waals surface area (Å²) in [5.41, 5.74) is 1.75. The molecular formula is C22H17IN4O4S. The van der Waals surface area contributed by atoms with Gasteiger partial charge in [-0.15, -0.1) is 0 Å². The fraction of sp³-hybridized carbons (Fsp3) is 0.0909. The van der Waals surface area contributed by atoms with Crippen molar-refractivity contribution in [2.75, 3.05) is 10.0 Å². The average Bonchev–Trinajstić information content (AvgIpc) is 3.36. The predicted octanol–water partition coefficient (Wildman–Crippen LogP) is 4.78. The van der Waals surface area contributed by atoms with E-state index >= 15 is 0 Å². The van der Waals surface area contributed by atoms with Crippen LogP contribution in [0.25, 0.3) is 10.8 Å². The standard InChI is InChI=1S/C22H17IN4O4S/c23-18-10-4-9-16-15(18)8-5-11-20(16)32(29,30)26-21-17-12-27(13-19(17)25-31-21)22(28)24-14-6-2-1-3-7-14/h1-11,26H,12-13H2,(H,24,28). The summed E-state index contributed by atoms with van der Waals surface area (Å²) < 4.78 is 35.1. The molecule has 32 heavy (non-hydrogen) atoms. The van der Waals surface area contributed by atoms with Crippen molar-refractivity contribution in [2.45, 2.75) is 18.0 Å². The third-order valence-corrected chi connectivity index (χ3v) is 7.55. The lowest BCUT2D eigenvalue weighted by Gasteiger charge is -2.16. The van der Waals surface area contributed by atoms with Crippen molar-refractivity contribution >= 4 is 61.0 Å². The fourth-order valence-electron chi connectivity index (χ4n) is 3.66. The number of halogens is 1. The van der Waals surface area contributed by atoms with Crippen molar-refractivity contribution in [3.05, 3.63) is 81.6 Å². The topological polar surface area (TPSA) is 105 Å². The van der Waals surface area contributed by atoms with Gasteiger partial charge in [-0.1, -0.05) is 47.6 Å². The second kappa shape index (κ2) is 8.10. The number of para-hydroxylation sites is 1. The Balaban J connectivity index is 1.38. The molecule has 8 nitrogen and oxygen atoms in total. The summed E-state index contributed by atoms with van der Waals surface area (Å²) in [5.74, 6) is 0.0256. The minimum absolute atomic E-state index is 0.0256. The molecule has 1 aliphatic heterocycles. The molecule has 0 radical (unpaired) electrons. The Morgan fingerprint density at radius 2 is 1.72 bits per heavy atom. The van der Waals surface area contributed by atoms with Gasteiger partial charge in [-0.3, -0.25) is 0 Å². The van der Waals surface area contributed by atoms with Crippen LogP contribution in [0.2, 0.25) is 0 Å². The Kier molecular flexibility index (Phi) is 5.25. The lowest BCUT2D eigenvalue weighted by Crippen LogP contribution is -2.30. The molecule has 3 aromatic carbocycles. The van der Waals surface area contributed by atoms with E-state index in [2.05, 4.69) is 37.8 Å². The van der Waals surface area contributed by atoms with E-state index in [-0.39, 0.29) is 29.9 Å². The first-order chi connectivity index (χ1) is 15.4. The minimum atomic E-state index is -3.94. The molecule has 5 rings (SSSR count). The molecule has 162 valence electrons. The van der Waals surface area contributed by atoms with Crippen LogP contribution in [0, 0.1) is 3.57 Å². The Labute approximate surface area is 197 Å². The van der Waals surface area contributed by atoms with Crippen molar-refractivity contribution in [3.8, 4) is 0 Å². The van der Waals surface area contributed by atoms with Gasteiger partial charge in [0.25, 0.3) is 10.0 Å². The number of hydrogen-bond donors (Lipinski definition) is 2. The van der Waals surface area contributed by atoms with Crippen molar-refractivity contribution in [1.82, 2.24) is 10.1 Å². The Morgan fingerprint density at radius 1 is 0.969 bits per heavy atom. The summed E-state index contributed by atoms with van der Waals surface area (Å²) in [6.45, 7) is 0.411. The molecule has 0 atom stereocenters. The monoisotopic (exact) mass is 560 g/mol. The third kappa shape index (κ3) is 3.79. The van der Waals surface area contributed by atoms with Crippen LogP contribution in [0.1, 0.15) is 11.3 Å². The molecule has 0 saturated carbocycles. The molecule has 0 saturated heterocycles. The first-order valence-electron chi connectivity index (χ1n) is 9.71. The number of nitrogens with one attached hydrogen (secondary N) is 2. The molecule has 10 heteroatoms. The number of urea groups is 1. The maximum absolute atomic E-state index is 13.2. The van der Waals surface area contributed by atoms with Crippen LogP contribution < -0.4 is 10.0 Å². The van der Waals surface area contributed by atoms with Crippen molar-refractivity contribution in [1.29, 1.82) is 0 Å². The number of rotatable bonds is 4. The first-order valence-corrected chi connectivity index (χ1v) is 12.3. The normalized spacial score (nSPS) is 13.2. The zero-order valence-electron chi connectivity index (χ0n) is 16.6. The molecule has 4 aromatic rings. The number of carbonyl (C=O) groups is 1. The van der Waals surface area contributed by atoms with Gasteiger partial charge in [-0.2, -0.15) is 0 Å². The minimum Gasteiger partial charge on any atom is -0.337 e. The number of nitrogens with zero attached hydrogens (tertiary/aromatic N) is 2. The molecule has 0 fully saturated rings. The van der Waals surface area contributed by atoms with Crippen LogP contribution in [0.15, 0.2) is 76.1 Å². The number of amides is 2. The molecule has 1 aliphatic rings. The summed E-state index contributed by atoms with van der Waals surface area (Å²) >= 11 is 2.18. The van der Waals surface area contributed by atoms with E-state index in [1.165, 1.54) is 4.90 Å². The van der Waals surface area contributed by atoms with Gasteiger partial charge in [-0.25, -0.2) is 17.9 Å². The number of hydrogen-bond acceptors (Lipinski definition) is 5. The summed E-state index contributed by atoms with van der Waals surface area (Å²) in [6, 6.07) is 19.5. The molecule has 2 N–H and O–H groups in total. The van der Waals surface area contributed by atoms with Crippen LogP contribution in [-0.2, 0) is 23.1 Å². The molecule has 0 unspecified atom stereocenters. The van der Waals surface area contributed by atoms with Gasteiger partial charge < -0.3 is 14.7 Å². The number of aromatic nitrogens is 1. The van der Waals surface area contributed by atoms with Crippen LogP contribution in [0.5, 0.6) is 0 Å². The molecule has 0 aliphatic carbocycles. The van der Waals surface area contributed by atoms with Crippen molar-refractivity contribution in [2.24, 2.45) is 0 Å². The quantitative estimate of drug-likeness (QED) is 0.350. The summed E-state index contributed by atoms with van der Waals surface area (Å²) in [5, 5.41) is 8.25. The zero-order valence-corrected chi connectivity index (χ0v) is 19.6. The van der Waals surface area contributed by atoms with Gasteiger partial charge in [0, 0.05) is 14.6 Å². The highest BCUT2D eigenvalue weighted by atomic mass is 127. The van der Waals surface area contributed by atoms with Gasteiger partial charge in [0.15, 0.2) is 0 Å². The maximum atomic E-state index is 13.2. The molecule has 0 bridgehead atoms. The summed E-state index contributed by atoms with van der Waals surface area (Å²) in [7, 11) is -3.94. The second-order valence-corrected chi connectivity index (χ2v) is 10.1. The summed E-state index contributed by atoms with van der Waals surface area (Å²) in [6.07, 6.45) is 0. The van der Waals surface area contributed by atoms with Gasteiger partial charge in [0.2, 0.25) is 5.88 Å². The van der Waals surface area contributed by atoms with Crippen LogP contribution >= 0.6 is 22.6 Å². The van der Waals surface area contributed by atoms with E-state index in [1.807, 2.05) is 36.4 Å². The van der Waals surface area contributed by atoms with Gasteiger partial charge in [0.1, 0.15) is 5.69 Å². The SMILES string of the molecule is O=C(Nc1ccccc1)N1Cc2noc(NS(=O)(=O)c3cccc4c(I)cccc34)c2C1.